The number of hydrogen-bond acceptors (Lipinski definition) is 6. The van der Waals surface area contributed by atoms with Crippen molar-refractivity contribution in [2.24, 2.45) is 0 Å². The van der Waals surface area contributed by atoms with Gasteiger partial charge in [-0.05, 0) is 35.5 Å². The summed E-state index contributed by atoms with van der Waals surface area (Å²) in [5, 5.41) is -0.288. The second kappa shape index (κ2) is 6.45. The number of carbonyl (C=O) groups excluding carboxylic acids is 3. The number of methoxy groups -OCH3 is 1. The largest absolute Gasteiger partial charge is 0.482 e. The minimum Gasteiger partial charge on any atom is -0.482 e. The molecule has 0 radical (unpaired) electrons. The first-order chi connectivity index (χ1) is 10.0. The van der Waals surface area contributed by atoms with Gasteiger partial charge in [-0.15, -0.1) is 0 Å². The van der Waals surface area contributed by atoms with Gasteiger partial charge in [0.25, 0.3) is 11.1 Å². The second-order valence-electron chi connectivity index (χ2n) is 4.17. The number of benzene rings is 1. The van der Waals surface area contributed by atoms with Crippen LogP contribution in [0.2, 0.25) is 0 Å². The highest BCUT2D eigenvalue weighted by atomic mass is 32.2. The zero-order chi connectivity index (χ0) is 15.4. The summed E-state index contributed by atoms with van der Waals surface area (Å²) in [6.07, 6.45) is 1.64. The van der Waals surface area contributed by atoms with Gasteiger partial charge in [-0.3, -0.25) is 14.5 Å². The zero-order valence-electron chi connectivity index (χ0n) is 11.5. The Hall–Kier alpha value is -2.28. The Kier molecular flexibility index (Phi) is 4.64. The van der Waals surface area contributed by atoms with Crippen molar-refractivity contribution in [1.29, 1.82) is 0 Å². The van der Waals surface area contributed by atoms with E-state index in [9.17, 15) is 14.4 Å². The van der Waals surface area contributed by atoms with Crippen LogP contribution in [0.15, 0.2) is 29.2 Å². The van der Waals surface area contributed by atoms with Crippen molar-refractivity contribution in [2.75, 3.05) is 20.8 Å². The Labute approximate surface area is 125 Å². The van der Waals surface area contributed by atoms with Gasteiger partial charge in [-0.2, -0.15) is 0 Å². The quantitative estimate of drug-likeness (QED) is 0.625. The van der Waals surface area contributed by atoms with Crippen molar-refractivity contribution in [1.82, 2.24) is 4.90 Å². The van der Waals surface area contributed by atoms with Crippen LogP contribution in [0.5, 0.6) is 5.75 Å². The summed E-state index contributed by atoms with van der Waals surface area (Å²) >= 11 is 0.904. The minimum atomic E-state index is -0.462. The van der Waals surface area contributed by atoms with Crippen LogP contribution in [-0.2, 0) is 14.3 Å². The standard InChI is InChI=1S/C14H13NO5S/c1-15-13(17)11(21-14(15)18)7-9-3-5-10(6-4-9)20-8-12(16)19-2/h3-7H,8H2,1-2H3/b11-7-. The van der Waals surface area contributed by atoms with Crippen LogP contribution in [-0.4, -0.2) is 42.8 Å². The fourth-order valence-electron chi connectivity index (χ4n) is 1.56. The Bertz CT molecular complexity index is 608. The van der Waals surface area contributed by atoms with Gasteiger partial charge in [0.15, 0.2) is 6.61 Å². The zero-order valence-corrected chi connectivity index (χ0v) is 12.3. The van der Waals surface area contributed by atoms with Crippen molar-refractivity contribution in [2.45, 2.75) is 0 Å². The summed E-state index contributed by atoms with van der Waals surface area (Å²) < 4.78 is 9.68. The molecule has 6 nitrogen and oxygen atoms in total. The average Bonchev–Trinajstić information content (AvgIpc) is 2.73. The number of carbonyl (C=O) groups is 3. The maximum atomic E-state index is 11.7. The van der Waals surface area contributed by atoms with Crippen molar-refractivity contribution < 1.29 is 23.9 Å². The molecule has 1 saturated heterocycles. The van der Waals surface area contributed by atoms with Gasteiger partial charge in [0.1, 0.15) is 5.75 Å². The topological polar surface area (TPSA) is 72.9 Å². The van der Waals surface area contributed by atoms with E-state index in [1.807, 2.05) is 0 Å². The van der Waals surface area contributed by atoms with Crippen LogP contribution in [0, 0.1) is 0 Å². The molecule has 110 valence electrons. The van der Waals surface area contributed by atoms with E-state index in [0.717, 1.165) is 22.2 Å². The van der Waals surface area contributed by atoms with Gasteiger partial charge in [0.2, 0.25) is 0 Å². The van der Waals surface area contributed by atoms with Crippen LogP contribution < -0.4 is 4.74 Å². The first-order valence-corrected chi connectivity index (χ1v) is 6.84. The summed E-state index contributed by atoms with van der Waals surface area (Å²) in [4.78, 5) is 35.5. The molecule has 1 fully saturated rings. The molecule has 1 aromatic rings. The van der Waals surface area contributed by atoms with Crippen LogP contribution in [0.25, 0.3) is 6.08 Å². The minimum absolute atomic E-state index is 0.162. The Morgan fingerprint density at radius 3 is 2.48 bits per heavy atom. The number of ether oxygens (including phenoxy) is 2. The summed E-state index contributed by atoms with van der Waals surface area (Å²) in [5.74, 6) is -0.257. The van der Waals surface area contributed by atoms with Gasteiger partial charge in [0.05, 0.1) is 12.0 Å². The lowest BCUT2D eigenvalue weighted by Gasteiger charge is -2.05. The molecular weight excluding hydrogens is 294 g/mol. The maximum absolute atomic E-state index is 11.7. The van der Waals surface area contributed by atoms with Crippen LogP contribution >= 0.6 is 11.8 Å². The molecule has 1 aromatic carbocycles. The molecule has 21 heavy (non-hydrogen) atoms. The van der Waals surface area contributed by atoms with Gasteiger partial charge < -0.3 is 9.47 Å². The maximum Gasteiger partial charge on any atom is 0.343 e. The first kappa shape index (κ1) is 15.1. The summed E-state index contributed by atoms with van der Waals surface area (Å²) in [5.41, 5.74) is 0.763. The molecular formula is C14H13NO5S. The predicted molar refractivity (Wildman–Crippen MR) is 77.7 cm³/mol. The number of imide groups is 1. The molecule has 1 heterocycles. The summed E-state index contributed by atoms with van der Waals surface area (Å²) in [6.45, 7) is -0.162. The van der Waals surface area contributed by atoms with E-state index in [0.29, 0.717) is 10.7 Å². The van der Waals surface area contributed by atoms with Gasteiger partial charge in [0, 0.05) is 7.05 Å². The average molecular weight is 307 g/mol. The summed E-state index contributed by atoms with van der Waals surface area (Å²) in [7, 11) is 2.73. The molecule has 0 bridgehead atoms. The molecule has 2 rings (SSSR count). The number of nitrogens with zero attached hydrogens (tertiary/aromatic N) is 1. The smallest absolute Gasteiger partial charge is 0.343 e. The molecule has 7 heteroatoms. The third-order valence-electron chi connectivity index (χ3n) is 2.75. The van der Waals surface area contributed by atoms with Crippen molar-refractivity contribution >= 4 is 35.0 Å². The molecule has 0 aromatic heterocycles. The number of thioether (sulfide) groups is 1. The highest BCUT2D eigenvalue weighted by Gasteiger charge is 2.31. The van der Waals surface area contributed by atoms with Crippen LogP contribution in [0.4, 0.5) is 4.79 Å². The van der Waals surface area contributed by atoms with Crippen molar-refractivity contribution in [3.63, 3.8) is 0 Å². The van der Waals surface area contributed by atoms with Crippen LogP contribution in [0.1, 0.15) is 5.56 Å². The molecule has 0 N–H and O–H groups in total. The van der Waals surface area contributed by atoms with Crippen LogP contribution in [0.3, 0.4) is 0 Å². The van der Waals surface area contributed by atoms with E-state index in [-0.39, 0.29) is 17.8 Å². The van der Waals surface area contributed by atoms with Crippen molar-refractivity contribution in [3.05, 3.63) is 34.7 Å². The number of amides is 2. The predicted octanol–water partition coefficient (Wildman–Crippen LogP) is 1.90. The van der Waals surface area contributed by atoms with Gasteiger partial charge >= 0.3 is 5.97 Å². The van der Waals surface area contributed by atoms with Gasteiger partial charge in [-0.1, -0.05) is 12.1 Å². The third kappa shape index (κ3) is 3.63. The lowest BCUT2D eigenvalue weighted by atomic mass is 10.2. The van der Waals surface area contributed by atoms with E-state index in [1.54, 1.807) is 30.3 Å². The fourth-order valence-corrected chi connectivity index (χ4v) is 2.39. The number of esters is 1. The SMILES string of the molecule is COC(=O)COc1ccc(/C=C2\SC(=O)N(C)C2=O)cc1. The van der Waals surface area contributed by atoms with Gasteiger partial charge in [-0.25, -0.2) is 4.79 Å². The molecule has 0 aliphatic carbocycles. The Balaban J connectivity index is 2.04. The fraction of sp³-hybridized carbons (Fsp3) is 0.214. The molecule has 0 unspecified atom stereocenters. The second-order valence-corrected chi connectivity index (χ2v) is 5.17. The highest BCUT2D eigenvalue weighted by molar-refractivity contribution is 8.18. The van der Waals surface area contributed by atoms with E-state index < -0.39 is 5.97 Å². The highest BCUT2D eigenvalue weighted by Crippen LogP contribution is 2.31. The summed E-state index contributed by atoms with van der Waals surface area (Å²) in [6, 6.07) is 6.81. The Morgan fingerprint density at radius 2 is 1.95 bits per heavy atom. The van der Waals surface area contributed by atoms with E-state index in [2.05, 4.69) is 4.74 Å². The lowest BCUT2D eigenvalue weighted by molar-refractivity contribution is -0.142. The molecule has 1 aliphatic heterocycles. The first-order valence-electron chi connectivity index (χ1n) is 6.02. The normalized spacial score (nSPS) is 16.5. The molecule has 1 aliphatic rings. The Morgan fingerprint density at radius 1 is 1.29 bits per heavy atom. The molecule has 2 amide bonds. The van der Waals surface area contributed by atoms with Crippen molar-refractivity contribution in [3.8, 4) is 5.75 Å². The van der Waals surface area contributed by atoms with E-state index in [4.69, 9.17) is 4.74 Å². The molecule has 0 saturated carbocycles. The monoisotopic (exact) mass is 307 g/mol. The molecule has 0 spiro atoms. The lowest BCUT2D eigenvalue weighted by Crippen LogP contribution is -2.22. The third-order valence-corrected chi connectivity index (χ3v) is 3.71. The number of hydrogen-bond donors (Lipinski definition) is 0. The molecule has 0 atom stereocenters. The number of rotatable bonds is 4. The van der Waals surface area contributed by atoms with E-state index in [1.165, 1.54) is 14.2 Å². The van der Waals surface area contributed by atoms with E-state index >= 15 is 0 Å². The number of likely N-dealkylation sites (N-methyl/N-ethyl adjacent to an activating group) is 1.